The molecule has 1 aromatic heterocycles. The van der Waals surface area contributed by atoms with E-state index >= 15 is 0 Å². The molecule has 2 aromatic rings. The highest BCUT2D eigenvalue weighted by Gasteiger charge is 2.26. The van der Waals surface area contributed by atoms with Gasteiger partial charge in [0, 0.05) is 45.7 Å². The van der Waals surface area contributed by atoms with Gasteiger partial charge in [0.15, 0.2) is 5.89 Å². The molecule has 0 saturated carbocycles. The second-order valence-electron chi connectivity index (χ2n) is 9.06. The predicted molar refractivity (Wildman–Crippen MR) is 131 cm³/mol. The topological polar surface area (TPSA) is 52.8 Å². The van der Waals surface area contributed by atoms with Crippen molar-refractivity contribution in [3.8, 4) is 0 Å². The molecule has 176 valence electrons. The number of piperazine rings is 1. The molecule has 0 radical (unpaired) electrons. The van der Waals surface area contributed by atoms with Crippen LogP contribution < -0.4 is 4.90 Å². The van der Waals surface area contributed by atoms with Gasteiger partial charge in [-0.2, -0.15) is 0 Å². The normalized spacial score (nSPS) is 15.1. The molecule has 1 saturated heterocycles. The van der Waals surface area contributed by atoms with Crippen molar-refractivity contribution in [2.75, 3.05) is 51.2 Å². The molecule has 0 unspecified atom stereocenters. The number of hydrogen-bond donors (Lipinski definition) is 0. The number of nitrogens with zero attached hydrogens (tertiary/aromatic N) is 4. The number of hydrogen-bond acceptors (Lipinski definition) is 5. The van der Waals surface area contributed by atoms with Gasteiger partial charge in [0.2, 0.25) is 5.76 Å². The Morgan fingerprint density at radius 3 is 2.44 bits per heavy atom. The van der Waals surface area contributed by atoms with Crippen LogP contribution in [0.3, 0.4) is 0 Å². The van der Waals surface area contributed by atoms with E-state index in [-0.39, 0.29) is 17.7 Å². The molecule has 8 heteroatoms. The summed E-state index contributed by atoms with van der Waals surface area (Å²) in [6, 6.07) is 5.77. The Balaban J connectivity index is 1.49. The van der Waals surface area contributed by atoms with Gasteiger partial charge in [0.05, 0.1) is 21.4 Å². The summed E-state index contributed by atoms with van der Waals surface area (Å²) < 4.78 is 5.85. The zero-order chi connectivity index (χ0) is 23.4. The van der Waals surface area contributed by atoms with E-state index in [1.54, 1.807) is 4.90 Å². The van der Waals surface area contributed by atoms with Gasteiger partial charge in [-0.1, -0.05) is 57.0 Å². The van der Waals surface area contributed by atoms with E-state index in [0.717, 1.165) is 50.5 Å². The number of rotatable bonds is 8. The van der Waals surface area contributed by atoms with Crippen molar-refractivity contribution in [3.05, 3.63) is 45.6 Å². The molecule has 32 heavy (non-hydrogen) atoms. The van der Waals surface area contributed by atoms with Crippen LogP contribution in [0, 0.1) is 0 Å². The smallest absolute Gasteiger partial charge is 0.291 e. The molecule has 1 amide bonds. The van der Waals surface area contributed by atoms with E-state index in [1.165, 1.54) is 0 Å². The van der Waals surface area contributed by atoms with Crippen LogP contribution >= 0.6 is 23.2 Å². The van der Waals surface area contributed by atoms with Crippen LogP contribution in [0.5, 0.6) is 0 Å². The lowest BCUT2D eigenvalue weighted by molar-refractivity contribution is 0.0752. The fourth-order valence-electron chi connectivity index (χ4n) is 3.90. The highest BCUT2D eigenvalue weighted by molar-refractivity contribution is 6.43. The third-order valence-electron chi connectivity index (χ3n) is 5.86. The van der Waals surface area contributed by atoms with Gasteiger partial charge in [0.25, 0.3) is 5.91 Å². The second kappa shape index (κ2) is 10.9. The molecular weight excluding hydrogens is 447 g/mol. The highest BCUT2D eigenvalue weighted by Crippen LogP contribution is 2.33. The average molecular weight is 481 g/mol. The Morgan fingerprint density at radius 1 is 1.12 bits per heavy atom. The first-order valence-electron chi connectivity index (χ1n) is 11.4. The van der Waals surface area contributed by atoms with Crippen LogP contribution in [-0.4, -0.2) is 67.0 Å². The van der Waals surface area contributed by atoms with Gasteiger partial charge >= 0.3 is 0 Å². The SMILES string of the molecule is CC(C)c1nc(C(C)C)c(C(=O)N(C)CCCN2CCN(c3cccc(Cl)c3Cl)CC2)o1. The predicted octanol–water partition coefficient (Wildman–Crippen LogP) is 5.51. The van der Waals surface area contributed by atoms with E-state index in [4.69, 9.17) is 27.6 Å². The molecule has 0 atom stereocenters. The van der Waals surface area contributed by atoms with Crippen LogP contribution in [0.1, 0.15) is 68.1 Å². The fraction of sp³-hybridized carbons (Fsp3) is 0.583. The maximum atomic E-state index is 13.0. The van der Waals surface area contributed by atoms with Crippen molar-refractivity contribution in [1.82, 2.24) is 14.8 Å². The molecule has 1 aliphatic heterocycles. The van der Waals surface area contributed by atoms with E-state index in [2.05, 4.69) is 14.8 Å². The van der Waals surface area contributed by atoms with E-state index < -0.39 is 0 Å². The minimum atomic E-state index is -0.0893. The highest BCUT2D eigenvalue weighted by atomic mass is 35.5. The van der Waals surface area contributed by atoms with Crippen LogP contribution in [0.25, 0.3) is 0 Å². The zero-order valence-electron chi connectivity index (χ0n) is 19.7. The molecule has 0 N–H and O–H groups in total. The Labute approximate surface area is 201 Å². The summed E-state index contributed by atoms with van der Waals surface area (Å²) in [4.78, 5) is 24.0. The number of carbonyl (C=O) groups is 1. The van der Waals surface area contributed by atoms with Gasteiger partial charge in [-0.3, -0.25) is 9.69 Å². The lowest BCUT2D eigenvalue weighted by atomic mass is 10.1. The van der Waals surface area contributed by atoms with Crippen LogP contribution in [0.4, 0.5) is 5.69 Å². The Morgan fingerprint density at radius 2 is 1.81 bits per heavy atom. The summed E-state index contributed by atoms with van der Waals surface area (Å²) >= 11 is 12.5. The lowest BCUT2D eigenvalue weighted by Gasteiger charge is -2.36. The summed E-state index contributed by atoms with van der Waals surface area (Å²) in [6.45, 7) is 13.5. The third-order valence-corrected chi connectivity index (χ3v) is 6.67. The van der Waals surface area contributed by atoms with Crippen molar-refractivity contribution in [2.45, 2.75) is 46.0 Å². The quantitative estimate of drug-likeness (QED) is 0.498. The van der Waals surface area contributed by atoms with E-state index in [0.29, 0.717) is 28.2 Å². The van der Waals surface area contributed by atoms with Gasteiger partial charge in [-0.15, -0.1) is 0 Å². The summed E-state index contributed by atoms with van der Waals surface area (Å²) in [7, 11) is 1.84. The number of aromatic nitrogens is 1. The van der Waals surface area contributed by atoms with E-state index in [9.17, 15) is 4.79 Å². The zero-order valence-corrected chi connectivity index (χ0v) is 21.2. The molecule has 2 heterocycles. The summed E-state index contributed by atoms with van der Waals surface area (Å²) in [5.74, 6) is 1.22. The molecule has 1 aliphatic rings. The van der Waals surface area contributed by atoms with Crippen molar-refractivity contribution in [1.29, 1.82) is 0 Å². The minimum Gasteiger partial charge on any atom is -0.435 e. The number of oxazole rings is 1. The van der Waals surface area contributed by atoms with Crippen LogP contribution in [0.15, 0.2) is 22.6 Å². The maximum absolute atomic E-state index is 13.0. The molecule has 1 fully saturated rings. The van der Waals surface area contributed by atoms with Crippen LogP contribution in [0.2, 0.25) is 10.0 Å². The number of benzene rings is 1. The fourth-order valence-corrected chi connectivity index (χ4v) is 4.31. The minimum absolute atomic E-state index is 0.0893. The molecular formula is C24H34Cl2N4O2. The van der Waals surface area contributed by atoms with Gasteiger partial charge in [-0.25, -0.2) is 4.98 Å². The molecule has 6 nitrogen and oxygen atoms in total. The van der Waals surface area contributed by atoms with Crippen molar-refractivity contribution in [3.63, 3.8) is 0 Å². The molecule has 0 spiro atoms. The van der Waals surface area contributed by atoms with E-state index in [1.807, 2.05) is 52.9 Å². The maximum Gasteiger partial charge on any atom is 0.291 e. The number of halogens is 2. The Bertz CT molecular complexity index is 921. The monoisotopic (exact) mass is 480 g/mol. The average Bonchev–Trinajstić information content (AvgIpc) is 3.22. The number of amides is 1. The first-order chi connectivity index (χ1) is 15.2. The Hall–Kier alpha value is -1.76. The largest absolute Gasteiger partial charge is 0.435 e. The standard InChI is InChI=1S/C24H34Cl2N4O2/c1-16(2)21-22(32-23(27-21)17(3)4)24(31)28(5)10-7-11-29-12-14-30(15-13-29)19-9-6-8-18(25)20(19)26/h6,8-9,16-17H,7,10-15H2,1-5H3. The first kappa shape index (κ1) is 24.9. The number of anilines is 1. The molecule has 1 aromatic carbocycles. The van der Waals surface area contributed by atoms with Crippen molar-refractivity contribution in [2.24, 2.45) is 0 Å². The molecule has 0 bridgehead atoms. The second-order valence-corrected chi connectivity index (χ2v) is 9.84. The summed E-state index contributed by atoms with van der Waals surface area (Å²) in [5, 5.41) is 1.21. The van der Waals surface area contributed by atoms with Gasteiger partial charge < -0.3 is 14.2 Å². The lowest BCUT2D eigenvalue weighted by Crippen LogP contribution is -2.47. The molecule has 3 rings (SSSR count). The Kier molecular flexibility index (Phi) is 8.48. The molecule has 0 aliphatic carbocycles. The van der Waals surface area contributed by atoms with Crippen LogP contribution in [-0.2, 0) is 0 Å². The van der Waals surface area contributed by atoms with Gasteiger partial charge in [-0.05, 0) is 31.0 Å². The summed E-state index contributed by atoms with van der Waals surface area (Å²) in [6.07, 6.45) is 0.905. The van der Waals surface area contributed by atoms with Crippen molar-refractivity contribution < 1.29 is 9.21 Å². The summed E-state index contributed by atoms with van der Waals surface area (Å²) in [5.41, 5.74) is 1.75. The number of carbonyl (C=O) groups excluding carboxylic acids is 1. The first-order valence-corrected chi connectivity index (χ1v) is 12.1. The van der Waals surface area contributed by atoms with Crippen molar-refractivity contribution >= 4 is 34.8 Å². The third kappa shape index (κ3) is 5.77. The van der Waals surface area contributed by atoms with Gasteiger partial charge in [0.1, 0.15) is 0 Å².